The van der Waals surface area contributed by atoms with E-state index in [0.717, 1.165) is 0 Å². The van der Waals surface area contributed by atoms with Crippen molar-refractivity contribution in [3.05, 3.63) is 33.8 Å². The average molecular weight is 305 g/mol. The Labute approximate surface area is 112 Å². The predicted octanol–water partition coefficient (Wildman–Crippen LogP) is 4.37. The van der Waals surface area contributed by atoms with Crippen LogP contribution in [-0.2, 0) is 0 Å². The quantitative estimate of drug-likeness (QED) is 0.862. The van der Waals surface area contributed by atoms with Crippen LogP contribution in [0.2, 0.25) is 0 Å². The Balaban J connectivity index is 0.00000128. The molecular formula is C13H19BrClN. The van der Waals surface area contributed by atoms with Gasteiger partial charge in [0.2, 0.25) is 0 Å². The van der Waals surface area contributed by atoms with E-state index in [0.29, 0.717) is 5.92 Å². The van der Waals surface area contributed by atoms with E-state index < -0.39 is 0 Å². The number of nitrogens with two attached hydrogens (primary N) is 1. The van der Waals surface area contributed by atoms with E-state index in [9.17, 15) is 0 Å². The molecule has 1 fully saturated rings. The van der Waals surface area contributed by atoms with Crippen molar-refractivity contribution in [3.63, 3.8) is 0 Å². The maximum Gasteiger partial charge on any atom is 0.0323 e. The summed E-state index contributed by atoms with van der Waals surface area (Å²) in [5, 5.41) is 0. The molecule has 0 heterocycles. The van der Waals surface area contributed by atoms with Gasteiger partial charge in [-0.05, 0) is 42.9 Å². The second-order valence-electron chi connectivity index (χ2n) is 4.58. The van der Waals surface area contributed by atoms with Crippen LogP contribution in [0.3, 0.4) is 0 Å². The highest BCUT2D eigenvalue weighted by atomic mass is 79.9. The number of aryl methyl sites for hydroxylation is 1. The van der Waals surface area contributed by atoms with Crippen molar-refractivity contribution in [2.45, 2.75) is 38.6 Å². The minimum Gasteiger partial charge on any atom is -0.324 e. The zero-order valence-electron chi connectivity index (χ0n) is 9.58. The SMILES string of the molecule is Cc1ccc([C@@H](N)C2CCCC2)cc1Br.Cl. The molecule has 0 radical (unpaired) electrons. The summed E-state index contributed by atoms with van der Waals surface area (Å²) < 4.78 is 1.17. The van der Waals surface area contributed by atoms with Crippen molar-refractivity contribution in [1.29, 1.82) is 0 Å². The highest BCUT2D eigenvalue weighted by Crippen LogP contribution is 2.35. The topological polar surface area (TPSA) is 26.0 Å². The molecule has 0 spiro atoms. The first-order valence-corrected chi connectivity index (χ1v) is 6.49. The third-order valence-electron chi connectivity index (χ3n) is 3.49. The molecule has 2 N–H and O–H groups in total. The molecule has 90 valence electrons. The molecule has 0 aromatic heterocycles. The van der Waals surface area contributed by atoms with Gasteiger partial charge >= 0.3 is 0 Å². The Morgan fingerprint density at radius 1 is 1.31 bits per heavy atom. The van der Waals surface area contributed by atoms with Gasteiger partial charge in [0, 0.05) is 10.5 Å². The lowest BCUT2D eigenvalue weighted by molar-refractivity contribution is 0.445. The molecule has 1 aliphatic rings. The Morgan fingerprint density at radius 2 is 1.94 bits per heavy atom. The van der Waals surface area contributed by atoms with Crippen LogP contribution < -0.4 is 5.73 Å². The molecule has 0 saturated heterocycles. The van der Waals surface area contributed by atoms with Gasteiger partial charge in [-0.15, -0.1) is 12.4 Å². The Morgan fingerprint density at radius 3 is 2.50 bits per heavy atom. The summed E-state index contributed by atoms with van der Waals surface area (Å²) in [6.45, 7) is 2.11. The fraction of sp³-hybridized carbons (Fsp3) is 0.538. The van der Waals surface area contributed by atoms with Crippen LogP contribution >= 0.6 is 28.3 Å². The normalized spacial score (nSPS) is 18.2. The van der Waals surface area contributed by atoms with Crippen molar-refractivity contribution in [2.75, 3.05) is 0 Å². The molecule has 1 aliphatic carbocycles. The van der Waals surface area contributed by atoms with Crippen molar-refractivity contribution in [2.24, 2.45) is 11.7 Å². The second kappa shape index (κ2) is 6.04. The Kier molecular flexibility index (Phi) is 5.29. The smallest absolute Gasteiger partial charge is 0.0323 e. The highest BCUT2D eigenvalue weighted by molar-refractivity contribution is 9.10. The van der Waals surface area contributed by atoms with Gasteiger partial charge < -0.3 is 5.73 Å². The summed E-state index contributed by atoms with van der Waals surface area (Å²) in [4.78, 5) is 0. The maximum absolute atomic E-state index is 6.30. The van der Waals surface area contributed by atoms with Crippen LogP contribution in [0.5, 0.6) is 0 Å². The van der Waals surface area contributed by atoms with E-state index in [1.807, 2.05) is 0 Å². The van der Waals surface area contributed by atoms with Gasteiger partial charge in [0.25, 0.3) is 0 Å². The van der Waals surface area contributed by atoms with E-state index in [1.54, 1.807) is 0 Å². The van der Waals surface area contributed by atoms with Gasteiger partial charge in [-0.25, -0.2) is 0 Å². The first-order chi connectivity index (χ1) is 7.18. The van der Waals surface area contributed by atoms with Crippen LogP contribution in [0, 0.1) is 12.8 Å². The number of rotatable bonds is 2. The summed E-state index contributed by atoms with van der Waals surface area (Å²) in [7, 11) is 0. The minimum atomic E-state index is 0. The monoisotopic (exact) mass is 303 g/mol. The minimum absolute atomic E-state index is 0. The fourth-order valence-electron chi connectivity index (χ4n) is 2.41. The van der Waals surface area contributed by atoms with Gasteiger partial charge in [0.05, 0.1) is 0 Å². The number of halogens is 2. The third-order valence-corrected chi connectivity index (χ3v) is 4.34. The van der Waals surface area contributed by atoms with Crippen molar-refractivity contribution >= 4 is 28.3 Å². The van der Waals surface area contributed by atoms with E-state index in [-0.39, 0.29) is 18.4 Å². The standard InChI is InChI=1S/C13H18BrN.ClH/c1-9-6-7-11(8-12(9)14)13(15)10-4-2-3-5-10;/h6-8,10,13H,2-5,15H2,1H3;1H/t13-;/m0./s1. The summed E-state index contributed by atoms with van der Waals surface area (Å²) in [5.74, 6) is 0.694. The molecule has 1 aromatic rings. The molecule has 1 atom stereocenters. The molecule has 1 nitrogen and oxygen atoms in total. The summed E-state index contributed by atoms with van der Waals surface area (Å²) >= 11 is 3.57. The molecule has 1 saturated carbocycles. The van der Waals surface area contributed by atoms with E-state index in [4.69, 9.17) is 5.73 Å². The van der Waals surface area contributed by atoms with E-state index >= 15 is 0 Å². The van der Waals surface area contributed by atoms with Gasteiger partial charge in [-0.3, -0.25) is 0 Å². The van der Waals surface area contributed by atoms with Gasteiger partial charge in [0.1, 0.15) is 0 Å². The molecule has 3 heteroatoms. The third kappa shape index (κ3) is 2.99. The van der Waals surface area contributed by atoms with Gasteiger partial charge in [-0.1, -0.05) is 40.9 Å². The molecule has 0 aliphatic heterocycles. The molecule has 0 unspecified atom stereocenters. The van der Waals surface area contributed by atoms with E-state index in [2.05, 4.69) is 41.1 Å². The van der Waals surface area contributed by atoms with Crippen LogP contribution in [0.1, 0.15) is 42.9 Å². The van der Waals surface area contributed by atoms with Gasteiger partial charge in [0.15, 0.2) is 0 Å². The molecule has 1 aromatic carbocycles. The van der Waals surface area contributed by atoms with Crippen molar-refractivity contribution < 1.29 is 0 Å². The second-order valence-corrected chi connectivity index (χ2v) is 5.43. The lowest BCUT2D eigenvalue weighted by Gasteiger charge is -2.19. The zero-order valence-corrected chi connectivity index (χ0v) is 12.0. The highest BCUT2D eigenvalue weighted by Gasteiger charge is 2.23. The van der Waals surface area contributed by atoms with Gasteiger partial charge in [-0.2, -0.15) is 0 Å². The first-order valence-electron chi connectivity index (χ1n) is 5.70. The van der Waals surface area contributed by atoms with Crippen molar-refractivity contribution in [3.8, 4) is 0 Å². The fourth-order valence-corrected chi connectivity index (χ4v) is 2.80. The summed E-state index contributed by atoms with van der Waals surface area (Å²) in [6.07, 6.45) is 5.30. The predicted molar refractivity (Wildman–Crippen MR) is 75.0 cm³/mol. The molecule has 16 heavy (non-hydrogen) atoms. The summed E-state index contributed by atoms with van der Waals surface area (Å²) in [5.41, 5.74) is 8.85. The number of benzene rings is 1. The number of hydrogen-bond acceptors (Lipinski definition) is 1. The molecule has 0 bridgehead atoms. The molecule has 2 rings (SSSR count). The molecular weight excluding hydrogens is 286 g/mol. The number of hydrogen-bond donors (Lipinski definition) is 1. The maximum atomic E-state index is 6.30. The van der Waals surface area contributed by atoms with Crippen molar-refractivity contribution in [1.82, 2.24) is 0 Å². The Bertz CT molecular complexity index is 348. The lowest BCUT2D eigenvalue weighted by Crippen LogP contribution is -2.19. The molecule has 0 amide bonds. The lowest BCUT2D eigenvalue weighted by atomic mass is 9.92. The first kappa shape index (κ1) is 14.0. The van der Waals surface area contributed by atoms with Crippen LogP contribution in [0.15, 0.2) is 22.7 Å². The largest absolute Gasteiger partial charge is 0.324 e. The van der Waals surface area contributed by atoms with Crippen LogP contribution in [0.4, 0.5) is 0 Å². The van der Waals surface area contributed by atoms with Crippen LogP contribution in [0.25, 0.3) is 0 Å². The van der Waals surface area contributed by atoms with Crippen LogP contribution in [-0.4, -0.2) is 0 Å². The summed E-state index contributed by atoms with van der Waals surface area (Å²) in [6, 6.07) is 6.72. The Hall–Kier alpha value is -0.0500. The zero-order chi connectivity index (χ0) is 10.8. The average Bonchev–Trinajstić information content (AvgIpc) is 2.74. The van der Waals surface area contributed by atoms with E-state index in [1.165, 1.54) is 41.3 Å².